The van der Waals surface area contributed by atoms with Gasteiger partial charge in [-0.1, -0.05) is 61.5 Å². The summed E-state index contributed by atoms with van der Waals surface area (Å²) < 4.78 is 5.70. The summed E-state index contributed by atoms with van der Waals surface area (Å²) in [4.78, 5) is 30.5. The number of benzene rings is 2. The average molecular weight is 449 g/mol. The molecule has 2 aromatic rings. The molecular weight excluding hydrogens is 412 g/mol. The van der Waals surface area contributed by atoms with Crippen molar-refractivity contribution in [2.45, 2.75) is 51.6 Å². The fourth-order valence-electron chi connectivity index (χ4n) is 5.09. The Kier molecular flexibility index (Phi) is 8.16. The van der Waals surface area contributed by atoms with E-state index in [1.807, 2.05) is 40.1 Å². The first-order valence-electron chi connectivity index (χ1n) is 12.5. The molecule has 2 fully saturated rings. The van der Waals surface area contributed by atoms with Crippen molar-refractivity contribution in [3.8, 4) is 11.1 Å². The second kappa shape index (κ2) is 11.5. The van der Waals surface area contributed by atoms with Crippen molar-refractivity contribution in [2.24, 2.45) is 5.92 Å². The Morgan fingerprint density at radius 3 is 2.61 bits per heavy atom. The van der Waals surface area contributed by atoms with Gasteiger partial charge in [-0.3, -0.25) is 9.59 Å². The fourth-order valence-corrected chi connectivity index (χ4v) is 5.09. The lowest BCUT2D eigenvalue weighted by Crippen LogP contribution is -2.38. The topological polar surface area (TPSA) is 49.9 Å². The molecule has 5 heteroatoms. The number of carbonyl (C=O) groups excluding carboxylic acids is 2. The standard InChI is InChI=1S/C28H36N2O3/c1-2-16-29-17-18-30(27(31)15-14-25-12-8-19-33-25)21-24(28(29)32)20-23-11-6-7-13-26(23)22-9-4-3-5-10-22/h3-7,9-11,13,24-25H,2,8,12,14-21H2,1H3/t24-,25-/m0/s1. The number of ether oxygens (including phenoxy) is 1. The molecule has 5 nitrogen and oxygen atoms in total. The highest BCUT2D eigenvalue weighted by molar-refractivity contribution is 5.83. The molecule has 0 aromatic heterocycles. The maximum absolute atomic E-state index is 13.5. The van der Waals surface area contributed by atoms with Crippen LogP contribution in [0.5, 0.6) is 0 Å². The summed E-state index contributed by atoms with van der Waals surface area (Å²) in [5.74, 6) is 0.0997. The van der Waals surface area contributed by atoms with Crippen molar-refractivity contribution < 1.29 is 14.3 Å². The van der Waals surface area contributed by atoms with Gasteiger partial charge in [0.1, 0.15) is 0 Å². The quantitative estimate of drug-likeness (QED) is 0.595. The van der Waals surface area contributed by atoms with Crippen molar-refractivity contribution in [1.29, 1.82) is 0 Å². The Bertz CT molecular complexity index is 924. The smallest absolute Gasteiger partial charge is 0.227 e. The molecule has 2 aliphatic heterocycles. The Morgan fingerprint density at radius 1 is 1.06 bits per heavy atom. The molecule has 0 spiro atoms. The Labute approximate surface area is 197 Å². The van der Waals surface area contributed by atoms with Crippen LogP contribution in [0.4, 0.5) is 0 Å². The van der Waals surface area contributed by atoms with Crippen LogP contribution in [0.2, 0.25) is 0 Å². The van der Waals surface area contributed by atoms with E-state index in [0.29, 0.717) is 32.5 Å². The molecule has 0 unspecified atom stereocenters. The van der Waals surface area contributed by atoms with Crippen LogP contribution in [0.15, 0.2) is 54.6 Å². The van der Waals surface area contributed by atoms with E-state index in [4.69, 9.17) is 4.74 Å². The zero-order chi connectivity index (χ0) is 23.0. The number of amides is 2. The van der Waals surface area contributed by atoms with Crippen LogP contribution >= 0.6 is 0 Å². The monoisotopic (exact) mass is 448 g/mol. The highest BCUT2D eigenvalue weighted by Crippen LogP contribution is 2.27. The van der Waals surface area contributed by atoms with Gasteiger partial charge in [0.05, 0.1) is 12.0 Å². The average Bonchev–Trinajstić information content (AvgIpc) is 3.32. The van der Waals surface area contributed by atoms with Crippen LogP contribution in [0.3, 0.4) is 0 Å². The van der Waals surface area contributed by atoms with Crippen molar-refractivity contribution in [1.82, 2.24) is 9.80 Å². The van der Waals surface area contributed by atoms with Gasteiger partial charge in [0.15, 0.2) is 0 Å². The third-order valence-corrected chi connectivity index (χ3v) is 6.86. The van der Waals surface area contributed by atoms with E-state index < -0.39 is 0 Å². The highest BCUT2D eigenvalue weighted by atomic mass is 16.5. The zero-order valence-corrected chi connectivity index (χ0v) is 19.7. The summed E-state index contributed by atoms with van der Waals surface area (Å²) in [7, 11) is 0. The van der Waals surface area contributed by atoms with E-state index in [9.17, 15) is 9.59 Å². The Balaban J connectivity index is 1.52. The SMILES string of the molecule is CCCN1CCN(C(=O)CC[C@@H]2CCCO2)C[C@H](Cc2ccccc2-c2ccccc2)C1=O. The molecule has 0 N–H and O–H groups in total. The highest BCUT2D eigenvalue weighted by Gasteiger charge is 2.32. The fraction of sp³-hybridized carbons (Fsp3) is 0.500. The molecule has 0 aliphatic carbocycles. The van der Waals surface area contributed by atoms with Crippen LogP contribution in [-0.4, -0.2) is 60.5 Å². The zero-order valence-electron chi connectivity index (χ0n) is 19.7. The maximum Gasteiger partial charge on any atom is 0.227 e. The molecule has 33 heavy (non-hydrogen) atoms. The Morgan fingerprint density at radius 2 is 1.85 bits per heavy atom. The van der Waals surface area contributed by atoms with E-state index in [1.54, 1.807) is 0 Å². The van der Waals surface area contributed by atoms with Gasteiger partial charge in [-0.25, -0.2) is 0 Å². The molecule has 176 valence electrons. The van der Waals surface area contributed by atoms with Gasteiger partial charge in [0.25, 0.3) is 0 Å². The van der Waals surface area contributed by atoms with Crippen molar-refractivity contribution in [2.75, 3.05) is 32.8 Å². The minimum absolute atomic E-state index is 0.151. The molecule has 2 atom stereocenters. The minimum Gasteiger partial charge on any atom is -0.378 e. The number of carbonyl (C=O) groups is 2. The van der Waals surface area contributed by atoms with E-state index >= 15 is 0 Å². The predicted molar refractivity (Wildman–Crippen MR) is 131 cm³/mol. The molecular formula is C28H36N2O3. The van der Waals surface area contributed by atoms with Gasteiger partial charge in [-0.2, -0.15) is 0 Å². The second-order valence-corrected chi connectivity index (χ2v) is 9.26. The van der Waals surface area contributed by atoms with Crippen LogP contribution in [-0.2, 0) is 20.7 Å². The molecule has 2 saturated heterocycles. The van der Waals surface area contributed by atoms with Gasteiger partial charge in [-0.15, -0.1) is 0 Å². The summed E-state index contributed by atoms with van der Waals surface area (Å²) in [5.41, 5.74) is 3.48. The first-order valence-corrected chi connectivity index (χ1v) is 12.5. The van der Waals surface area contributed by atoms with Crippen LogP contribution in [0.1, 0.15) is 44.6 Å². The molecule has 2 aromatic carbocycles. The lowest BCUT2D eigenvalue weighted by atomic mass is 9.91. The normalized spacial score (nSPS) is 21.3. The van der Waals surface area contributed by atoms with Crippen LogP contribution in [0.25, 0.3) is 11.1 Å². The maximum atomic E-state index is 13.5. The number of nitrogens with zero attached hydrogens (tertiary/aromatic N) is 2. The minimum atomic E-state index is -0.226. The summed E-state index contributed by atoms with van der Waals surface area (Å²) in [6.45, 7) is 5.39. The third-order valence-electron chi connectivity index (χ3n) is 6.86. The summed E-state index contributed by atoms with van der Waals surface area (Å²) in [6.07, 6.45) is 5.20. The van der Waals surface area contributed by atoms with Crippen LogP contribution < -0.4 is 0 Å². The number of rotatable bonds is 8. The third kappa shape index (κ3) is 6.02. The lowest BCUT2D eigenvalue weighted by molar-refractivity contribution is -0.135. The van der Waals surface area contributed by atoms with Crippen molar-refractivity contribution in [3.63, 3.8) is 0 Å². The predicted octanol–water partition coefficient (Wildman–Crippen LogP) is 4.55. The summed E-state index contributed by atoms with van der Waals surface area (Å²) in [6, 6.07) is 18.7. The second-order valence-electron chi connectivity index (χ2n) is 9.26. The van der Waals surface area contributed by atoms with Gasteiger partial charge in [0, 0.05) is 39.2 Å². The number of hydrogen-bond acceptors (Lipinski definition) is 3. The van der Waals surface area contributed by atoms with Gasteiger partial charge < -0.3 is 14.5 Å². The lowest BCUT2D eigenvalue weighted by Gasteiger charge is -2.25. The molecule has 2 aliphatic rings. The van der Waals surface area contributed by atoms with Gasteiger partial charge in [0.2, 0.25) is 11.8 Å². The first kappa shape index (κ1) is 23.5. The molecule has 0 radical (unpaired) electrons. The molecule has 2 amide bonds. The largest absolute Gasteiger partial charge is 0.378 e. The van der Waals surface area contributed by atoms with E-state index in [2.05, 4.69) is 31.2 Å². The number of hydrogen-bond donors (Lipinski definition) is 0. The molecule has 0 bridgehead atoms. The van der Waals surface area contributed by atoms with Crippen LogP contribution in [0, 0.1) is 5.92 Å². The van der Waals surface area contributed by atoms with E-state index in [1.165, 1.54) is 0 Å². The first-order chi connectivity index (χ1) is 16.2. The van der Waals surface area contributed by atoms with E-state index in [-0.39, 0.29) is 23.8 Å². The Hall–Kier alpha value is -2.66. The molecule has 0 saturated carbocycles. The van der Waals surface area contributed by atoms with E-state index in [0.717, 1.165) is 55.5 Å². The van der Waals surface area contributed by atoms with Gasteiger partial charge in [-0.05, 0) is 48.8 Å². The van der Waals surface area contributed by atoms with Crippen molar-refractivity contribution >= 4 is 11.8 Å². The molecule has 4 rings (SSSR count). The van der Waals surface area contributed by atoms with Gasteiger partial charge >= 0.3 is 0 Å². The molecule has 2 heterocycles. The summed E-state index contributed by atoms with van der Waals surface area (Å²) >= 11 is 0. The van der Waals surface area contributed by atoms with Crippen molar-refractivity contribution in [3.05, 3.63) is 60.2 Å². The summed E-state index contributed by atoms with van der Waals surface area (Å²) in [5, 5.41) is 0.